The lowest BCUT2D eigenvalue weighted by Gasteiger charge is -2.14. The Labute approximate surface area is 132 Å². The predicted octanol–water partition coefficient (Wildman–Crippen LogP) is 4.68. The molecule has 1 aromatic heterocycles. The van der Waals surface area contributed by atoms with Gasteiger partial charge in [0.1, 0.15) is 17.5 Å². The molecule has 0 aliphatic rings. The number of nitrogens with zero attached hydrogens (tertiary/aromatic N) is 2. The van der Waals surface area contributed by atoms with Crippen LogP contribution in [0.3, 0.4) is 0 Å². The van der Waals surface area contributed by atoms with Crippen molar-refractivity contribution in [3.8, 4) is 0 Å². The molecular weight excluding hydrogens is 314 g/mol. The van der Waals surface area contributed by atoms with Gasteiger partial charge in [-0.05, 0) is 19.1 Å². The molecular formula is C14H15Cl2FN4. The summed E-state index contributed by atoms with van der Waals surface area (Å²) in [7, 11) is 0. The average Bonchev–Trinajstić information content (AvgIpc) is 2.40. The zero-order valence-electron chi connectivity index (χ0n) is 11.8. The number of nitrogens with one attached hydrogen (secondary N) is 1. The molecule has 0 saturated carbocycles. The highest BCUT2D eigenvalue weighted by atomic mass is 35.5. The molecule has 0 bridgehead atoms. The van der Waals surface area contributed by atoms with E-state index in [9.17, 15) is 4.39 Å². The lowest BCUT2D eigenvalue weighted by atomic mass is 10.2. The molecule has 112 valence electrons. The molecule has 0 amide bonds. The molecule has 1 aromatic carbocycles. The van der Waals surface area contributed by atoms with Gasteiger partial charge in [0.05, 0.1) is 10.0 Å². The van der Waals surface area contributed by atoms with Crippen molar-refractivity contribution in [2.45, 2.75) is 26.7 Å². The van der Waals surface area contributed by atoms with Crippen molar-refractivity contribution >= 4 is 40.5 Å². The van der Waals surface area contributed by atoms with E-state index < -0.39 is 5.82 Å². The highest BCUT2D eigenvalue weighted by Crippen LogP contribution is 2.30. The summed E-state index contributed by atoms with van der Waals surface area (Å²) in [6, 6.07) is 2.88. The molecule has 0 saturated heterocycles. The standard InChI is InChI=1S/C14H15Cl2FN4/c1-6(2)13-20-12(18)7(3)14(21-13)19-8-4-9(15)11(17)10(16)5-8/h4-6H,1-3H3,(H3,18,19,20,21). The van der Waals surface area contributed by atoms with Crippen molar-refractivity contribution in [3.05, 3.63) is 39.4 Å². The van der Waals surface area contributed by atoms with E-state index in [0.29, 0.717) is 28.7 Å². The Balaban J connectivity index is 2.44. The summed E-state index contributed by atoms with van der Waals surface area (Å²) >= 11 is 11.6. The first-order valence-corrected chi connectivity index (χ1v) is 7.10. The van der Waals surface area contributed by atoms with Crippen LogP contribution in [-0.4, -0.2) is 9.97 Å². The van der Waals surface area contributed by atoms with Crippen LogP contribution in [0.4, 0.5) is 21.7 Å². The van der Waals surface area contributed by atoms with Crippen molar-refractivity contribution in [1.82, 2.24) is 9.97 Å². The summed E-state index contributed by atoms with van der Waals surface area (Å²) in [4.78, 5) is 8.67. The zero-order valence-corrected chi connectivity index (χ0v) is 13.3. The molecule has 1 heterocycles. The van der Waals surface area contributed by atoms with Crippen LogP contribution in [0.5, 0.6) is 0 Å². The number of aromatic nitrogens is 2. The first-order valence-electron chi connectivity index (χ1n) is 6.35. The van der Waals surface area contributed by atoms with Crippen LogP contribution >= 0.6 is 23.2 Å². The van der Waals surface area contributed by atoms with Gasteiger partial charge in [0.25, 0.3) is 0 Å². The maximum absolute atomic E-state index is 13.4. The second-order valence-electron chi connectivity index (χ2n) is 4.97. The van der Waals surface area contributed by atoms with Gasteiger partial charge in [0.15, 0.2) is 5.82 Å². The van der Waals surface area contributed by atoms with Gasteiger partial charge >= 0.3 is 0 Å². The Morgan fingerprint density at radius 2 is 1.76 bits per heavy atom. The molecule has 0 spiro atoms. The minimum atomic E-state index is -0.648. The third-order valence-corrected chi connectivity index (χ3v) is 3.51. The summed E-state index contributed by atoms with van der Waals surface area (Å²) in [5.41, 5.74) is 7.13. The van der Waals surface area contributed by atoms with E-state index in [0.717, 1.165) is 0 Å². The average molecular weight is 329 g/mol. The summed E-state index contributed by atoms with van der Waals surface area (Å²) in [5.74, 6) is 1.06. The van der Waals surface area contributed by atoms with Gasteiger partial charge in [-0.2, -0.15) is 0 Å². The smallest absolute Gasteiger partial charge is 0.160 e. The van der Waals surface area contributed by atoms with Gasteiger partial charge in [0, 0.05) is 17.2 Å². The lowest BCUT2D eigenvalue weighted by Crippen LogP contribution is -2.08. The van der Waals surface area contributed by atoms with Crippen LogP contribution in [0.1, 0.15) is 31.2 Å². The van der Waals surface area contributed by atoms with Crippen LogP contribution in [0.25, 0.3) is 0 Å². The van der Waals surface area contributed by atoms with Crippen LogP contribution < -0.4 is 11.1 Å². The second-order valence-corrected chi connectivity index (χ2v) is 5.79. The van der Waals surface area contributed by atoms with E-state index in [1.165, 1.54) is 12.1 Å². The number of rotatable bonds is 3. The summed E-state index contributed by atoms with van der Waals surface area (Å²) in [5, 5.41) is 2.93. The Kier molecular flexibility index (Phi) is 4.54. The van der Waals surface area contributed by atoms with Crippen LogP contribution in [0, 0.1) is 12.7 Å². The minimum absolute atomic E-state index is 0.0613. The second kappa shape index (κ2) is 6.03. The molecule has 4 nitrogen and oxygen atoms in total. The molecule has 0 fully saturated rings. The number of benzene rings is 1. The maximum Gasteiger partial charge on any atom is 0.160 e. The molecule has 0 aliphatic carbocycles. The van der Waals surface area contributed by atoms with E-state index in [-0.39, 0.29) is 16.0 Å². The molecule has 7 heteroatoms. The molecule has 21 heavy (non-hydrogen) atoms. The fourth-order valence-electron chi connectivity index (χ4n) is 1.70. The van der Waals surface area contributed by atoms with Gasteiger partial charge < -0.3 is 11.1 Å². The number of nitrogen functional groups attached to an aromatic ring is 1. The van der Waals surface area contributed by atoms with Crippen LogP contribution in [0.15, 0.2) is 12.1 Å². The highest BCUT2D eigenvalue weighted by molar-refractivity contribution is 6.35. The molecule has 2 aromatic rings. The summed E-state index contributed by atoms with van der Waals surface area (Å²) in [6.45, 7) is 5.74. The van der Waals surface area contributed by atoms with E-state index in [1.54, 1.807) is 6.92 Å². The van der Waals surface area contributed by atoms with Crippen molar-refractivity contribution in [1.29, 1.82) is 0 Å². The van der Waals surface area contributed by atoms with Gasteiger partial charge in [-0.15, -0.1) is 0 Å². The lowest BCUT2D eigenvalue weighted by molar-refractivity contribution is 0.629. The van der Waals surface area contributed by atoms with Gasteiger partial charge in [-0.3, -0.25) is 0 Å². The monoisotopic (exact) mass is 328 g/mol. The van der Waals surface area contributed by atoms with Crippen molar-refractivity contribution in [3.63, 3.8) is 0 Å². The SMILES string of the molecule is Cc1c(N)nc(C(C)C)nc1Nc1cc(Cl)c(F)c(Cl)c1. The normalized spacial score (nSPS) is 11.0. The predicted molar refractivity (Wildman–Crippen MR) is 85.0 cm³/mol. The zero-order chi connectivity index (χ0) is 15.7. The Morgan fingerprint density at radius 1 is 1.19 bits per heavy atom. The van der Waals surface area contributed by atoms with Crippen molar-refractivity contribution in [2.24, 2.45) is 0 Å². The largest absolute Gasteiger partial charge is 0.383 e. The Hall–Kier alpha value is -1.59. The Bertz CT molecular complexity index is 666. The van der Waals surface area contributed by atoms with Crippen LogP contribution in [-0.2, 0) is 0 Å². The van der Waals surface area contributed by atoms with Crippen LogP contribution in [0.2, 0.25) is 10.0 Å². The Morgan fingerprint density at radius 3 is 2.29 bits per heavy atom. The van der Waals surface area contributed by atoms with E-state index in [4.69, 9.17) is 28.9 Å². The third kappa shape index (κ3) is 3.36. The first kappa shape index (κ1) is 15.8. The van der Waals surface area contributed by atoms with E-state index in [1.807, 2.05) is 13.8 Å². The molecule has 0 unspecified atom stereocenters. The maximum atomic E-state index is 13.4. The topological polar surface area (TPSA) is 63.8 Å². The van der Waals surface area contributed by atoms with E-state index >= 15 is 0 Å². The number of hydrogen-bond donors (Lipinski definition) is 2. The molecule has 0 aliphatic heterocycles. The number of nitrogens with two attached hydrogens (primary N) is 1. The minimum Gasteiger partial charge on any atom is -0.383 e. The van der Waals surface area contributed by atoms with Crippen molar-refractivity contribution < 1.29 is 4.39 Å². The van der Waals surface area contributed by atoms with Gasteiger partial charge in [-0.25, -0.2) is 14.4 Å². The summed E-state index contributed by atoms with van der Waals surface area (Å²) in [6.07, 6.45) is 0. The summed E-state index contributed by atoms with van der Waals surface area (Å²) < 4.78 is 13.4. The molecule has 0 radical (unpaired) electrons. The molecule has 2 rings (SSSR count). The number of halogens is 3. The van der Waals surface area contributed by atoms with Gasteiger partial charge in [0.2, 0.25) is 0 Å². The number of hydrogen-bond acceptors (Lipinski definition) is 4. The molecule has 3 N–H and O–H groups in total. The van der Waals surface area contributed by atoms with E-state index in [2.05, 4.69) is 15.3 Å². The van der Waals surface area contributed by atoms with Crippen molar-refractivity contribution in [2.75, 3.05) is 11.1 Å². The fraction of sp³-hybridized carbons (Fsp3) is 0.286. The third-order valence-electron chi connectivity index (χ3n) is 2.96. The van der Waals surface area contributed by atoms with Gasteiger partial charge in [-0.1, -0.05) is 37.0 Å². The highest BCUT2D eigenvalue weighted by Gasteiger charge is 2.13. The quantitative estimate of drug-likeness (QED) is 0.803. The molecule has 0 atom stereocenters. The first-order chi connectivity index (χ1) is 9.79. The fourth-order valence-corrected chi connectivity index (χ4v) is 2.18. The number of anilines is 3.